The Hall–Kier alpha value is -0.0400. The molecule has 2 saturated carbocycles. The van der Waals surface area contributed by atoms with Crippen LogP contribution in [0.25, 0.3) is 0 Å². The second kappa shape index (κ2) is 3.48. The first kappa shape index (κ1) is 10.1. The summed E-state index contributed by atoms with van der Waals surface area (Å²) >= 11 is 0. The van der Waals surface area contributed by atoms with Crippen molar-refractivity contribution in [2.45, 2.75) is 70.4 Å². The van der Waals surface area contributed by atoms with Gasteiger partial charge in [-0.05, 0) is 56.9 Å². The molecular formula is C14H25N. The Bertz CT molecular complexity index is 238. The molecule has 1 heteroatoms. The van der Waals surface area contributed by atoms with Gasteiger partial charge in [-0.3, -0.25) is 4.90 Å². The van der Waals surface area contributed by atoms with Crippen LogP contribution in [0.5, 0.6) is 0 Å². The Morgan fingerprint density at radius 2 is 1.87 bits per heavy atom. The summed E-state index contributed by atoms with van der Waals surface area (Å²) in [6.45, 7) is 6.24. The highest BCUT2D eigenvalue weighted by molar-refractivity contribution is 5.10. The topological polar surface area (TPSA) is 3.24 Å². The van der Waals surface area contributed by atoms with Crippen LogP contribution in [0, 0.1) is 11.8 Å². The van der Waals surface area contributed by atoms with E-state index in [1.165, 1.54) is 51.5 Å². The molecule has 0 bridgehead atoms. The van der Waals surface area contributed by atoms with Crippen molar-refractivity contribution in [1.29, 1.82) is 0 Å². The van der Waals surface area contributed by atoms with Crippen LogP contribution in [0.1, 0.15) is 58.8 Å². The third-order valence-corrected chi connectivity index (χ3v) is 5.28. The predicted octanol–water partition coefficient (Wildman–Crippen LogP) is 3.44. The summed E-state index contributed by atoms with van der Waals surface area (Å²) in [5.74, 6) is 1.93. The van der Waals surface area contributed by atoms with E-state index in [1.807, 2.05) is 0 Å². The minimum atomic E-state index is 0.707. The van der Waals surface area contributed by atoms with Crippen molar-refractivity contribution in [3.63, 3.8) is 0 Å². The van der Waals surface area contributed by atoms with Crippen molar-refractivity contribution in [3.05, 3.63) is 0 Å². The fourth-order valence-electron chi connectivity index (χ4n) is 3.72. The highest BCUT2D eigenvalue weighted by atomic mass is 15.3. The van der Waals surface area contributed by atoms with Gasteiger partial charge in [-0.25, -0.2) is 0 Å². The number of piperidine rings is 1. The largest absolute Gasteiger partial charge is 0.295 e. The fourth-order valence-corrected chi connectivity index (χ4v) is 3.72. The quantitative estimate of drug-likeness (QED) is 0.670. The zero-order chi connectivity index (χ0) is 10.5. The molecule has 1 nitrogen and oxygen atoms in total. The van der Waals surface area contributed by atoms with Crippen LogP contribution in [0.15, 0.2) is 0 Å². The maximum Gasteiger partial charge on any atom is 0.0216 e. The van der Waals surface area contributed by atoms with Gasteiger partial charge >= 0.3 is 0 Å². The molecule has 3 rings (SSSR count). The molecule has 1 aliphatic heterocycles. The Kier molecular flexibility index (Phi) is 2.35. The van der Waals surface area contributed by atoms with Crippen LogP contribution in [-0.2, 0) is 0 Å². The van der Waals surface area contributed by atoms with Crippen LogP contribution in [0.3, 0.4) is 0 Å². The monoisotopic (exact) mass is 207 g/mol. The lowest BCUT2D eigenvalue weighted by molar-refractivity contribution is 0.00808. The molecule has 1 saturated heterocycles. The van der Waals surface area contributed by atoms with E-state index >= 15 is 0 Å². The van der Waals surface area contributed by atoms with Crippen LogP contribution in [0.2, 0.25) is 0 Å². The van der Waals surface area contributed by atoms with Gasteiger partial charge in [-0.15, -0.1) is 0 Å². The molecule has 1 atom stereocenters. The normalized spacial score (nSPS) is 35.8. The zero-order valence-electron chi connectivity index (χ0n) is 10.3. The van der Waals surface area contributed by atoms with Crippen LogP contribution in [0.4, 0.5) is 0 Å². The van der Waals surface area contributed by atoms with Crippen molar-refractivity contribution in [2.75, 3.05) is 6.54 Å². The van der Waals surface area contributed by atoms with E-state index in [-0.39, 0.29) is 0 Å². The van der Waals surface area contributed by atoms with Gasteiger partial charge < -0.3 is 0 Å². The number of rotatable bonds is 2. The molecule has 0 aromatic carbocycles. The third-order valence-electron chi connectivity index (χ3n) is 5.28. The molecule has 3 fully saturated rings. The fraction of sp³-hybridized carbons (Fsp3) is 1.00. The highest BCUT2D eigenvalue weighted by Crippen LogP contribution is 2.53. The van der Waals surface area contributed by atoms with Gasteiger partial charge in [-0.1, -0.05) is 20.3 Å². The van der Waals surface area contributed by atoms with Crippen LogP contribution >= 0.6 is 0 Å². The first-order chi connectivity index (χ1) is 7.21. The van der Waals surface area contributed by atoms with E-state index in [2.05, 4.69) is 18.7 Å². The summed E-state index contributed by atoms with van der Waals surface area (Å²) in [4.78, 5) is 2.91. The number of hydrogen-bond acceptors (Lipinski definition) is 1. The Balaban J connectivity index is 1.68. The molecule has 0 aromatic rings. The summed E-state index contributed by atoms with van der Waals surface area (Å²) in [5.41, 5.74) is 0.707. The molecule has 3 aliphatic rings. The van der Waals surface area contributed by atoms with Gasteiger partial charge in [-0.2, -0.15) is 0 Å². The Morgan fingerprint density at radius 1 is 1.13 bits per heavy atom. The smallest absolute Gasteiger partial charge is 0.0216 e. The summed E-state index contributed by atoms with van der Waals surface area (Å²) in [6, 6.07) is 0.987. The average molecular weight is 207 g/mol. The molecule has 0 N–H and O–H groups in total. The van der Waals surface area contributed by atoms with Crippen molar-refractivity contribution < 1.29 is 0 Å². The average Bonchev–Trinajstić information content (AvgIpc) is 2.86. The van der Waals surface area contributed by atoms with E-state index in [9.17, 15) is 0 Å². The van der Waals surface area contributed by atoms with Crippen molar-refractivity contribution >= 4 is 0 Å². The number of hydrogen-bond donors (Lipinski definition) is 0. The van der Waals surface area contributed by atoms with E-state index in [1.54, 1.807) is 0 Å². The van der Waals surface area contributed by atoms with E-state index in [4.69, 9.17) is 0 Å². The van der Waals surface area contributed by atoms with Crippen LogP contribution < -0.4 is 0 Å². The van der Waals surface area contributed by atoms with E-state index < -0.39 is 0 Å². The lowest BCUT2D eigenvalue weighted by atomic mass is 9.79. The molecule has 0 amide bonds. The van der Waals surface area contributed by atoms with Gasteiger partial charge in [0.1, 0.15) is 0 Å². The molecule has 86 valence electrons. The zero-order valence-corrected chi connectivity index (χ0v) is 10.3. The van der Waals surface area contributed by atoms with E-state index in [0.717, 1.165) is 17.9 Å². The van der Waals surface area contributed by atoms with Crippen LogP contribution in [-0.4, -0.2) is 23.0 Å². The van der Waals surface area contributed by atoms with Gasteiger partial charge in [0.15, 0.2) is 0 Å². The first-order valence-corrected chi connectivity index (χ1v) is 6.98. The maximum atomic E-state index is 2.91. The highest BCUT2D eigenvalue weighted by Gasteiger charge is 2.53. The minimum Gasteiger partial charge on any atom is -0.295 e. The summed E-state index contributed by atoms with van der Waals surface area (Å²) in [6.07, 6.45) is 10.5. The molecule has 0 aromatic heterocycles. The number of likely N-dealkylation sites (tertiary alicyclic amines) is 1. The summed E-state index contributed by atoms with van der Waals surface area (Å²) in [5, 5.41) is 0. The second-order valence-corrected chi connectivity index (χ2v) is 6.50. The molecule has 15 heavy (non-hydrogen) atoms. The second-order valence-electron chi connectivity index (χ2n) is 6.50. The van der Waals surface area contributed by atoms with Crippen molar-refractivity contribution in [2.24, 2.45) is 11.8 Å². The molecule has 0 unspecified atom stereocenters. The molecule has 1 heterocycles. The lowest BCUT2D eigenvalue weighted by Gasteiger charge is -2.48. The summed E-state index contributed by atoms with van der Waals surface area (Å²) < 4.78 is 0. The van der Waals surface area contributed by atoms with Crippen molar-refractivity contribution in [1.82, 2.24) is 4.90 Å². The molecular weight excluding hydrogens is 182 g/mol. The Labute approximate surface area is 94.2 Å². The SMILES string of the molecule is CC(C)[C@@H]1CCN(C2CCC2)C2(CC2)C1. The van der Waals surface area contributed by atoms with Crippen molar-refractivity contribution in [3.8, 4) is 0 Å². The maximum absolute atomic E-state index is 2.91. The first-order valence-electron chi connectivity index (χ1n) is 6.98. The minimum absolute atomic E-state index is 0.707. The molecule has 2 aliphatic carbocycles. The molecule has 0 radical (unpaired) electrons. The van der Waals surface area contributed by atoms with Gasteiger partial charge in [0, 0.05) is 11.6 Å². The van der Waals surface area contributed by atoms with Gasteiger partial charge in [0.2, 0.25) is 0 Å². The molecule has 1 spiro atoms. The van der Waals surface area contributed by atoms with E-state index in [0.29, 0.717) is 5.54 Å². The number of nitrogens with zero attached hydrogens (tertiary/aromatic N) is 1. The lowest BCUT2D eigenvalue weighted by Crippen LogP contribution is -2.53. The third kappa shape index (κ3) is 1.63. The standard InChI is InChI=1S/C14H25N/c1-11(2)12-6-9-15(13-4-3-5-13)14(10-12)7-8-14/h11-13H,3-10H2,1-2H3/t12-/m1/s1. The van der Waals surface area contributed by atoms with Gasteiger partial charge in [0.05, 0.1) is 0 Å². The summed E-state index contributed by atoms with van der Waals surface area (Å²) in [7, 11) is 0. The predicted molar refractivity (Wildman–Crippen MR) is 63.9 cm³/mol. The Morgan fingerprint density at radius 3 is 2.33 bits per heavy atom. The van der Waals surface area contributed by atoms with Gasteiger partial charge in [0.25, 0.3) is 0 Å².